The molecule has 0 fully saturated rings. The predicted molar refractivity (Wildman–Crippen MR) is 90.2 cm³/mol. The maximum atomic E-state index is 12.7. The van der Waals surface area contributed by atoms with Gasteiger partial charge in [-0.3, -0.25) is 4.79 Å². The number of phenols is 1. The summed E-state index contributed by atoms with van der Waals surface area (Å²) in [5.41, 5.74) is 3.38. The lowest BCUT2D eigenvalue weighted by Crippen LogP contribution is -2.32. The van der Waals surface area contributed by atoms with Crippen LogP contribution in [0.1, 0.15) is 21.5 Å². The molecule has 2 aromatic rings. The van der Waals surface area contributed by atoms with Gasteiger partial charge in [0, 0.05) is 11.1 Å². The van der Waals surface area contributed by atoms with Crippen molar-refractivity contribution in [2.24, 2.45) is 5.10 Å². The van der Waals surface area contributed by atoms with Gasteiger partial charge >= 0.3 is 12.3 Å². The number of halogens is 4. The Labute approximate surface area is 152 Å². The van der Waals surface area contributed by atoms with Crippen LogP contribution in [0, 0.1) is 0 Å². The topological polar surface area (TPSA) is 70.9 Å². The third kappa shape index (κ3) is 6.07. The summed E-state index contributed by atoms with van der Waals surface area (Å²) in [6.45, 7) is -1.69. The minimum Gasteiger partial charge on any atom is -0.507 e. The number of aromatic hydroxyl groups is 1. The first-order chi connectivity index (χ1) is 12.8. The summed E-state index contributed by atoms with van der Waals surface area (Å²) >= 11 is 0. The molecular weight excluding hydrogens is 368 g/mol. The fraction of sp³-hybridized carbons (Fsp3) is 0.222. The molecule has 9 heteroatoms. The quantitative estimate of drug-likeness (QED) is 0.415. The molecule has 0 bridgehead atoms. The molecule has 0 unspecified atom stereocenters. The molecule has 2 rings (SSSR count). The Kier molecular flexibility index (Phi) is 6.89. The molecule has 1 amide bonds. The molecule has 0 aromatic heterocycles. The summed E-state index contributed by atoms with van der Waals surface area (Å²) in [4.78, 5) is 12.0. The second kappa shape index (κ2) is 9.13. The van der Waals surface area contributed by atoms with Crippen LogP contribution in [0.3, 0.4) is 0 Å². The Bertz CT molecular complexity index is 795. The lowest BCUT2D eigenvalue weighted by Gasteiger charge is -2.15. The van der Waals surface area contributed by atoms with Crippen molar-refractivity contribution in [3.63, 3.8) is 0 Å². The van der Waals surface area contributed by atoms with Gasteiger partial charge in [-0.1, -0.05) is 24.3 Å². The molecule has 0 radical (unpaired) electrons. The smallest absolute Gasteiger partial charge is 0.330 e. The standard InChI is InChI=1S/C18H16F4N2O3/c19-17(20)18(21,22)11-27-10-12-5-7-13(8-6-12)16(26)24-23-9-14-3-1-2-4-15(14)25/h1-9,17,25H,10-11H2,(H,24,26). The molecular formula is C18H16F4N2O3. The van der Waals surface area contributed by atoms with Crippen molar-refractivity contribution >= 4 is 12.1 Å². The Hall–Kier alpha value is -2.94. The van der Waals surface area contributed by atoms with Gasteiger partial charge in [-0.05, 0) is 29.8 Å². The zero-order valence-corrected chi connectivity index (χ0v) is 13.9. The molecule has 2 N–H and O–H groups in total. The van der Waals surface area contributed by atoms with Gasteiger partial charge in [-0.15, -0.1) is 0 Å². The predicted octanol–water partition coefficient (Wildman–Crippen LogP) is 3.57. The summed E-state index contributed by atoms with van der Waals surface area (Å²) in [5.74, 6) is -4.72. The fourth-order valence-electron chi connectivity index (χ4n) is 1.94. The lowest BCUT2D eigenvalue weighted by atomic mass is 10.1. The molecule has 0 saturated carbocycles. The number of nitrogens with one attached hydrogen (secondary N) is 1. The lowest BCUT2D eigenvalue weighted by molar-refractivity contribution is -0.168. The van der Waals surface area contributed by atoms with E-state index < -0.39 is 24.9 Å². The van der Waals surface area contributed by atoms with E-state index in [9.17, 15) is 27.5 Å². The van der Waals surface area contributed by atoms with Crippen molar-refractivity contribution in [3.8, 4) is 5.75 Å². The third-order valence-corrected chi connectivity index (χ3v) is 3.41. The van der Waals surface area contributed by atoms with Gasteiger partial charge in [0.05, 0.1) is 12.8 Å². The van der Waals surface area contributed by atoms with Crippen LogP contribution >= 0.6 is 0 Å². The molecule has 0 spiro atoms. The van der Waals surface area contributed by atoms with E-state index in [4.69, 9.17) is 0 Å². The molecule has 0 atom stereocenters. The maximum Gasteiger partial charge on any atom is 0.330 e. The first kappa shape index (κ1) is 20.4. The van der Waals surface area contributed by atoms with Crippen LogP contribution < -0.4 is 5.43 Å². The van der Waals surface area contributed by atoms with Gasteiger partial charge < -0.3 is 9.84 Å². The van der Waals surface area contributed by atoms with Crippen molar-refractivity contribution in [3.05, 3.63) is 65.2 Å². The number of nitrogens with zero attached hydrogens (tertiary/aromatic N) is 1. The molecule has 144 valence electrons. The second-order valence-corrected chi connectivity index (χ2v) is 5.51. The minimum absolute atomic E-state index is 0.0114. The summed E-state index contributed by atoms with van der Waals surface area (Å²) in [6.07, 6.45) is -2.51. The van der Waals surface area contributed by atoms with Crippen LogP contribution in [0.2, 0.25) is 0 Å². The number of para-hydroxylation sites is 1. The largest absolute Gasteiger partial charge is 0.507 e. The number of rotatable bonds is 8. The zero-order valence-electron chi connectivity index (χ0n) is 13.9. The van der Waals surface area contributed by atoms with Crippen LogP contribution in [-0.2, 0) is 11.3 Å². The highest BCUT2D eigenvalue weighted by Gasteiger charge is 2.40. The maximum absolute atomic E-state index is 12.7. The number of hydrazone groups is 1. The first-order valence-corrected chi connectivity index (χ1v) is 7.73. The number of carbonyl (C=O) groups is 1. The highest BCUT2D eigenvalue weighted by atomic mass is 19.3. The average Bonchev–Trinajstić information content (AvgIpc) is 2.63. The molecule has 0 saturated heterocycles. The molecule has 0 aliphatic rings. The van der Waals surface area contributed by atoms with Crippen LogP contribution in [0.4, 0.5) is 17.6 Å². The Morgan fingerprint density at radius 3 is 2.48 bits per heavy atom. The first-order valence-electron chi connectivity index (χ1n) is 7.73. The van der Waals surface area contributed by atoms with Gasteiger partial charge in [0.1, 0.15) is 12.4 Å². The van der Waals surface area contributed by atoms with Gasteiger partial charge in [0.15, 0.2) is 0 Å². The summed E-state index contributed by atoms with van der Waals surface area (Å²) in [5, 5.41) is 13.3. The number of hydrogen-bond donors (Lipinski definition) is 2. The highest BCUT2D eigenvalue weighted by molar-refractivity contribution is 5.95. The second-order valence-electron chi connectivity index (χ2n) is 5.51. The van der Waals surface area contributed by atoms with Gasteiger partial charge in [-0.2, -0.15) is 13.9 Å². The summed E-state index contributed by atoms with van der Waals surface area (Å²) < 4.78 is 54.1. The number of carbonyl (C=O) groups excluding carboxylic acids is 1. The summed E-state index contributed by atoms with van der Waals surface area (Å²) in [6, 6.07) is 12.1. The normalized spacial score (nSPS) is 11.9. The molecule has 0 aliphatic heterocycles. The van der Waals surface area contributed by atoms with Gasteiger partial charge in [-0.25, -0.2) is 14.2 Å². The molecule has 2 aromatic carbocycles. The van der Waals surface area contributed by atoms with E-state index in [0.29, 0.717) is 11.1 Å². The number of hydrogen-bond acceptors (Lipinski definition) is 4. The number of amides is 1. The number of benzene rings is 2. The van der Waals surface area contributed by atoms with Crippen LogP contribution in [0.5, 0.6) is 5.75 Å². The number of alkyl halides is 4. The highest BCUT2D eigenvalue weighted by Crippen LogP contribution is 2.23. The van der Waals surface area contributed by atoms with E-state index in [1.807, 2.05) is 0 Å². The SMILES string of the molecule is O=C(NN=Cc1ccccc1O)c1ccc(COCC(F)(F)C(F)F)cc1. The van der Waals surface area contributed by atoms with Crippen molar-refractivity contribution in [1.29, 1.82) is 0 Å². The van der Waals surface area contributed by atoms with E-state index in [0.717, 1.165) is 0 Å². The van der Waals surface area contributed by atoms with Crippen molar-refractivity contribution in [2.75, 3.05) is 6.61 Å². The van der Waals surface area contributed by atoms with Gasteiger partial charge in [0.25, 0.3) is 5.91 Å². The molecule has 0 heterocycles. The van der Waals surface area contributed by atoms with Gasteiger partial charge in [0.2, 0.25) is 0 Å². The Morgan fingerprint density at radius 1 is 1.19 bits per heavy atom. The molecule has 27 heavy (non-hydrogen) atoms. The zero-order chi connectivity index (χ0) is 19.9. The van der Waals surface area contributed by atoms with E-state index in [2.05, 4.69) is 15.3 Å². The van der Waals surface area contributed by atoms with E-state index in [1.165, 1.54) is 36.5 Å². The molecule has 0 aliphatic carbocycles. The average molecular weight is 384 g/mol. The number of phenolic OH excluding ortho intramolecular Hbond substituents is 1. The third-order valence-electron chi connectivity index (χ3n) is 3.41. The van der Waals surface area contributed by atoms with Crippen LogP contribution in [0.25, 0.3) is 0 Å². The van der Waals surface area contributed by atoms with Crippen LogP contribution in [0.15, 0.2) is 53.6 Å². The fourth-order valence-corrected chi connectivity index (χ4v) is 1.94. The molecule has 5 nitrogen and oxygen atoms in total. The van der Waals surface area contributed by atoms with E-state index in [1.54, 1.807) is 18.2 Å². The summed E-state index contributed by atoms with van der Waals surface area (Å²) in [7, 11) is 0. The van der Waals surface area contributed by atoms with Crippen molar-refractivity contribution in [2.45, 2.75) is 19.0 Å². The Balaban J connectivity index is 1.85. The van der Waals surface area contributed by atoms with E-state index >= 15 is 0 Å². The minimum atomic E-state index is -4.20. The monoisotopic (exact) mass is 384 g/mol. The van der Waals surface area contributed by atoms with Crippen molar-refractivity contribution in [1.82, 2.24) is 5.43 Å². The van der Waals surface area contributed by atoms with Crippen LogP contribution in [-0.4, -0.2) is 36.2 Å². The van der Waals surface area contributed by atoms with Crippen molar-refractivity contribution < 1.29 is 32.2 Å². The number of ether oxygens (including phenoxy) is 1. The van der Waals surface area contributed by atoms with E-state index in [-0.39, 0.29) is 17.9 Å². The Morgan fingerprint density at radius 2 is 1.85 bits per heavy atom.